The fourth-order valence-electron chi connectivity index (χ4n) is 5.06. The number of aliphatic carboxylic acids is 1. The molecule has 41 heavy (non-hydrogen) atoms. The average molecular weight is 585 g/mol. The zero-order chi connectivity index (χ0) is 30.1. The number of rotatable bonds is 34. The molecule has 6 heteroatoms. The predicted molar refractivity (Wildman–Crippen MR) is 171 cm³/mol. The van der Waals surface area contributed by atoms with E-state index in [9.17, 15) is 9.59 Å². The van der Waals surface area contributed by atoms with Crippen LogP contribution in [-0.2, 0) is 23.8 Å². The SMILES string of the molecule is CCCCCCCCCCCCCCOCC(COC(=O)CCC(=O)O)OCCCCCCCCCCCCCC. The number of ether oxygens (including phenoxy) is 3. The Kier molecular flexibility index (Phi) is 32.4. The van der Waals surface area contributed by atoms with Gasteiger partial charge in [0.15, 0.2) is 0 Å². The third kappa shape index (κ3) is 33.2. The topological polar surface area (TPSA) is 82.1 Å². The quantitative estimate of drug-likeness (QED) is 0.0598. The van der Waals surface area contributed by atoms with E-state index in [1.807, 2.05) is 0 Å². The van der Waals surface area contributed by atoms with E-state index in [1.54, 1.807) is 0 Å². The Morgan fingerprint density at radius 1 is 0.512 bits per heavy atom. The number of unbranched alkanes of at least 4 members (excludes halogenated alkanes) is 22. The van der Waals surface area contributed by atoms with Crippen molar-refractivity contribution in [3.8, 4) is 0 Å². The second-order valence-corrected chi connectivity index (χ2v) is 11.9. The first kappa shape index (κ1) is 39.9. The highest BCUT2D eigenvalue weighted by atomic mass is 16.6. The van der Waals surface area contributed by atoms with E-state index < -0.39 is 11.9 Å². The summed E-state index contributed by atoms with van der Waals surface area (Å²) in [4.78, 5) is 22.6. The first-order valence-corrected chi connectivity index (χ1v) is 17.7. The average Bonchev–Trinajstić information content (AvgIpc) is 2.96. The smallest absolute Gasteiger partial charge is 0.306 e. The molecule has 0 aromatic rings. The lowest BCUT2D eigenvalue weighted by Crippen LogP contribution is -2.28. The van der Waals surface area contributed by atoms with Crippen LogP contribution in [0.5, 0.6) is 0 Å². The van der Waals surface area contributed by atoms with Crippen molar-refractivity contribution in [2.45, 2.75) is 187 Å². The molecule has 1 atom stereocenters. The maximum absolute atomic E-state index is 11.9. The first-order valence-electron chi connectivity index (χ1n) is 17.7. The fourth-order valence-corrected chi connectivity index (χ4v) is 5.06. The third-order valence-electron chi connectivity index (χ3n) is 7.77. The van der Waals surface area contributed by atoms with Gasteiger partial charge in [-0.1, -0.05) is 155 Å². The molecular weight excluding hydrogens is 516 g/mol. The maximum atomic E-state index is 11.9. The van der Waals surface area contributed by atoms with E-state index in [0.717, 1.165) is 19.3 Å². The minimum absolute atomic E-state index is 0.111. The molecule has 0 radical (unpaired) electrons. The molecule has 0 aromatic carbocycles. The van der Waals surface area contributed by atoms with Crippen LogP contribution in [0.2, 0.25) is 0 Å². The van der Waals surface area contributed by atoms with E-state index >= 15 is 0 Å². The van der Waals surface area contributed by atoms with Gasteiger partial charge in [-0.15, -0.1) is 0 Å². The molecule has 244 valence electrons. The van der Waals surface area contributed by atoms with Crippen LogP contribution in [-0.4, -0.2) is 49.6 Å². The second kappa shape index (κ2) is 33.4. The van der Waals surface area contributed by atoms with Crippen molar-refractivity contribution in [3.63, 3.8) is 0 Å². The highest BCUT2D eigenvalue weighted by Gasteiger charge is 2.14. The summed E-state index contributed by atoms with van der Waals surface area (Å²) in [6.45, 7) is 6.39. The zero-order valence-corrected chi connectivity index (χ0v) is 27.3. The molecule has 6 nitrogen and oxygen atoms in total. The number of carbonyl (C=O) groups excluding carboxylic acids is 1. The number of carbonyl (C=O) groups is 2. The van der Waals surface area contributed by atoms with E-state index in [1.165, 1.54) is 135 Å². The predicted octanol–water partition coefficient (Wildman–Crippen LogP) is 10.2. The van der Waals surface area contributed by atoms with Gasteiger partial charge in [-0.05, 0) is 12.8 Å². The number of esters is 1. The van der Waals surface area contributed by atoms with Gasteiger partial charge in [-0.25, -0.2) is 0 Å². The van der Waals surface area contributed by atoms with Crippen LogP contribution in [0.25, 0.3) is 0 Å². The summed E-state index contributed by atoms with van der Waals surface area (Å²) in [5.41, 5.74) is 0. The van der Waals surface area contributed by atoms with Gasteiger partial charge < -0.3 is 19.3 Å². The van der Waals surface area contributed by atoms with Gasteiger partial charge in [-0.3, -0.25) is 9.59 Å². The van der Waals surface area contributed by atoms with Gasteiger partial charge in [0.1, 0.15) is 12.7 Å². The monoisotopic (exact) mass is 585 g/mol. The molecule has 0 spiro atoms. The van der Waals surface area contributed by atoms with Gasteiger partial charge >= 0.3 is 11.9 Å². The van der Waals surface area contributed by atoms with Crippen LogP contribution in [0.4, 0.5) is 0 Å². The third-order valence-corrected chi connectivity index (χ3v) is 7.77. The summed E-state index contributed by atoms with van der Waals surface area (Å²) < 4.78 is 17.2. The van der Waals surface area contributed by atoms with Crippen molar-refractivity contribution in [2.24, 2.45) is 0 Å². The largest absolute Gasteiger partial charge is 0.481 e. The molecule has 0 aliphatic heterocycles. The molecule has 1 N–H and O–H groups in total. The summed E-state index contributed by atoms with van der Waals surface area (Å²) in [5.74, 6) is -1.49. The Bertz CT molecular complexity index is 553. The van der Waals surface area contributed by atoms with Crippen molar-refractivity contribution in [3.05, 3.63) is 0 Å². The van der Waals surface area contributed by atoms with Crippen LogP contribution >= 0.6 is 0 Å². The Morgan fingerprint density at radius 2 is 0.902 bits per heavy atom. The Balaban J connectivity index is 3.90. The van der Waals surface area contributed by atoms with Crippen LogP contribution in [0.1, 0.15) is 181 Å². The molecule has 0 aliphatic carbocycles. The van der Waals surface area contributed by atoms with Crippen molar-refractivity contribution in [2.75, 3.05) is 26.4 Å². The summed E-state index contributed by atoms with van der Waals surface area (Å²) in [5, 5.41) is 8.77. The standard InChI is InChI=1S/C35H68O6/c1-3-5-7-9-11-13-15-17-19-21-23-25-29-39-31-33(32-41-35(38)28-27-34(36)37)40-30-26-24-22-20-18-16-14-12-10-8-6-4-2/h33H,3-32H2,1-2H3,(H,36,37). The molecule has 0 fully saturated rings. The lowest BCUT2D eigenvalue weighted by molar-refractivity contribution is -0.152. The Morgan fingerprint density at radius 3 is 1.32 bits per heavy atom. The van der Waals surface area contributed by atoms with Gasteiger partial charge in [-0.2, -0.15) is 0 Å². The molecule has 0 heterocycles. The molecule has 0 bridgehead atoms. The van der Waals surface area contributed by atoms with Crippen molar-refractivity contribution >= 4 is 11.9 Å². The summed E-state index contributed by atoms with van der Waals surface area (Å²) in [6, 6.07) is 0. The van der Waals surface area contributed by atoms with Gasteiger partial charge in [0.05, 0.1) is 19.4 Å². The van der Waals surface area contributed by atoms with Crippen LogP contribution in [0.15, 0.2) is 0 Å². The Labute approximate surface area is 254 Å². The second-order valence-electron chi connectivity index (χ2n) is 11.9. The Hall–Kier alpha value is -1.14. The fraction of sp³-hybridized carbons (Fsp3) is 0.943. The van der Waals surface area contributed by atoms with Gasteiger partial charge in [0.2, 0.25) is 0 Å². The molecule has 0 saturated carbocycles. The molecule has 0 rings (SSSR count). The van der Waals surface area contributed by atoms with E-state index in [2.05, 4.69) is 13.8 Å². The van der Waals surface area contributed by atoms with Gasteiger partial charge in [0.25, 0.3) is 0 Å². The van der Waals surface area contributed by atoms with E-state index in [0.29, 0.717) is 19.8 Å². The van der Waals surface area contributed by atoms with Crippen LogP contribution in [0, 0.1) is 0 Å². The minimum Gasteiger partial charge on any atom is -0.481 e. The zero-order valence-electron chi connectivity index (χ0n) is 27.3. The number of carboxylic acids is 1. The van der Waals surface area contributed by atoms with E-state index in [4.69, 9.17) is 19.3 Å². The van der Waals surface area contributed by atoms with Crippen molar-refractivity contribution in [1.29, 1.82) is 0 Å². The number of carboxylic acid groups (broad SMARTS) is 1. The molecule has 1 unspecified atom stereocenters. The lowest BCUT2D eigenvalue weighted by atomic mass is 10.1. The minimum atomic E-state index is -0.993. The summed E-state index contributed by atoms with van der Waals surface area (Å²) in [6.07, 6.45) is 30.8. The van der Waals surface area contributed by atoms with E-state index in [-0.39, 0.29) is 25.6 Å². The van der Waals surface area contributed by atoms with Crippen LogP contribution in [0.3, 0.4) is 0 Å². The lowest BCUT2D eigenvalue weighted by Gasteiger charge is -2.18. The summed E-state index contributed by atoms with van der Waals surface area (Å²) >= 11 is 0. The van der Waals surface area contributed by atoms with Crippen LogP contribution < -0.4 is 0 Å². The highest BCUT2D eigenvalue weighted by molar-refractivity contribution is 5.76. The first-order chi connectivity index (χ1) is 20.1. The normalized spacial score (nSPS) is 12.0. The highest BCUT2D eigenvalue weighted by Crippen LogP contribution is 2.13. The molecule has 0 saturated heterocycles. The molecule has 0 aliphatic rings. The molecular formula is C35H68O6. The number of hydrogen-bond donors (Lipinski definition) is 1. The maximum Gasteiger partial charge on any atom is 0.306 e. The van der Waals surface area contributed by atoms with Gasteiger partial charge in [0, 0.05) is 13.2 Å². The number of hydrogen-bond acceptors (Lipinski definition) is 5. The van der Waals surface area contributed by atoms with Crippen molar-refractivity contribution < 1.29 is 28.9 Å². The summed E-state index contributed by atoms with van der Waals surface area (Å²) in [7, 11) is 0. The van der Waals surface area contributed by atoms with Crippen molar-refractivity contribution in [1.82, 2.24) is 0 Å². The molecule has 0 amide bonds. The molecule has 0 aromatic heterocycles.